The average Bonchev–Trinajstić information content (AvgIpc) is 2.40. The second-order valence-electron chi connectivity index (χ2n) is 4.44. The first-order chi connectivity index (χ1) is 9.08. The number of amides is 1. The van der Waals surface area contributed by atoms with Crippen LogP contribution in [0.2, 0.25) is 5.02 Å². The number of carbonyl (C=O) groups is 1. The summed E-state index contributed by atoms with van der Waals surface area (Å²) in [7, 11) is 0. The highest BCUT2D eigenvalue weighted by atomic mass is 35.5. The first-order valence-corrected chi connectivity index (χ1v) is 6.80. The lowest BCUT2D eigenvalue weighted by Gasteiger charge is -2.15. The van der Waals surface area contributed by atoms with Crippen LogP contribution in [0, 0.1) is 0 Å². The Morgan fingerprint density at radius 1 is 1.47 bits per heavy atom. The van der Waals surface area contributed by atoms with Crippen LogP contribution in [-0.2, 0) is 4.79 Å². The fraction of sp³-hybridized carbons (Fsp3) is 0.400. The van der Waals surface area contributed by atoms with Crippen molar-refractivity contribution in [3.63, 3.8) is 0 Å². The molecule has 2 N–H and O–H groups in total. The summed E-state index contributed by atoms with van der Waals surface area (Å²) in [6.07, 6.45) is 3.14. The SMILES string of the molecule is CCC(CCO)NC(=O)/C(C)=C/c1ccccc1Cl. The fourth-order valence-corrected chi connectivity index (χ4v) is 1.91. The molecule has 104 valence electrons. The van der Waals surface area contributed by atoms with Gasteiger partial charge >= 0.3 is 0 Å². The van der Waals surface area contributed by atoms with Crippen LogP contribution in [0.5, 0.6) is 0 Å². The summed E-state index contributed by atoms with van der Waals surface area (Å²) in [5.74, 6) is -0.125. The van der Waals surface area contributed by atoms with Gasteiger partial charge < -0.3 is 10.4 Å². The third-order valence-electron chi connectivity index (χ3n) is 2.94. The second-order valence-corrected chi connectivity index (χ2v) is 4.85. The zero-order valence-electron chi connectivity index (χ0n) is 11.3. The van der Waals surface area contributed by atoms with Gasteiger partial charge in [-0.25, -0.2) is 0 Å². The molecule has 0 aromatic heterocycles. The number of hydrogen-bond acceptors (Lipinski definition) is 2. The smallest absolute Gasteiger partial charge is 0.247 e. The molecule has 1 rings (SSSR count). The molecule has 1 aromatic rings. The average molecular weight is 282 g/mol. The molecule has 1 atom stereocenters. The summed E-state index contributed by atoms with van der Waals surface area (Å²) in [6.45, 7) is 3.81. The van der Waals surface area contributed by atoms with Crippen molar-refractivity contribution in [2.45, 2.75) is 32.7 Å². The summed E-state index contributed by atoms with van der Waals surface area (Å²) in [4.78, 5) is 12.0. The molecular formula is C15H20ClNO2. The first kappa shape index (κ1) is 15.7. The van der Waals surface area contributed by atoms with Crippen LogP contribution >= 0.6 is 11.6 Å². The van der Waals surface area contributed by atoms with E-state index in [1.54, 1.807) is 19.1 Å². The zero-order chi connectivity index (χ0) is 14.3. The zero-order valence-corrected chi connectivity index (χ0v) is 12.1. The van der Waals surface area contributed by atoms with Crippen molar-refractivity contribution in [3.05, 3.63) is 40.4 Å². The van der Waals surface area contributed by atoms with Gasteiger partial charge in [-0.15, -0.1) is 0 Å². The summed E-state index contributed by atoms with van der Waals surface area (Å²) >= 11 is 6.05. The van der Waals surface area contributed by atoms with E-state index in [-0.39, 0.29) is 18.6 Å². The fourth-order valence-electron chi connectivity index (χ4n) is 1.72. The van der Waals surface area contributed by atoms with Crippen LogP contribution in [0.25, 0.3) is 6.08 Å². The second kappa shape index (κ2) is 7.97. The normalized spacial score (nSPS) is 13.2. The van der Waals surface area contributed by atoms with Crippen LogP contribution in [0.3, 0.4) is 0 Å². The molecule has 1 amide bonds. The third-order valence-corrected chi connectivity index (χ3v) is 3.29. The number of aliphatic hydroxyl groups is 1. The van der Waals surface area contributed by atoms with Crippen molar-refractivity contribution in [2.24, 2.45) is 0 Å². The monoisotopic (exact) mass is 281 g/mol. The lowest BCUT2D eigenvalue weighted by Crippen LogP contribution is -2.35. The lowest BCUT2D eigenvalue weighted by molar-refractivity contribution is -0.118. The van der Waals surface area contributed by atoms with Crippen molar-refractivity contribution in [1.29, 1.82) is 0 Å². The van der Waals surface area contributed by atoms with E-state index in [1.165, 1.54) is 0 Å². The first-order valence-electron chi connectivity index (χ1n) is 6.43. The number of benzene rings is 1. The molecule has 1 unspecified atom stereocenters. The van der Waals surface area contributed by atoms with Gasteiger partial charge in [0, 0.05) is 23.2 Å². The Labute approximate surface area is 119 Å². The maximum atomic E-state index is 12.0. The minimum Gasteiger partial charge on any atom is -0.396 e. The predicted molar refractivity (Wildman–Crippen MR) is 79.0 cm³/mol. The number of aliphatic hydroxyl groups excluding tert-OH is 1. The van der Waals surface area contributed by atoms with Crippen molar-refractivity contribution in [2.75, 3.05) is 6.61 Å². The van der Waals surface area contributed by atoms with Gasteiger partial charge in [-0.2, -0.15) is 0 Å². The largest absolute Gasteiger partial charge is 0.396 e. The van der Waals surface area contributed by atoms with E-state index in [9.17, 15) is 4.79 Å². The van der Waals surface area contributed by atoms with Gasteiger partial charge in [-0.3, -0.25) is 4.79 Å². The lowest BCUT2D eigenvalue weighted by atomic mass is 10.1. The predicted octanol–water partition coefficient (Wildman–Crippen LogP) is 3.02. The molecule has 0 aliphatic heterocycles. The minimum atomic E-state index is -0.125. The van der Waals surface area contributed by atoms with Crippen molar-refractivity contribution in [1.82, 2.24) is 5.32 Å². The van der Waals surface area contributed by atoms with Gasteiger partial charge in [0.05, 0.1) is 0 Å². The van der Waals surface area contributed by atoms with Crippen molar-refractivity contribution >= 4 is 23.6 Å². The van der Waals surface area contributed by atoms with Crippen molar-refractivity contribution in [3.8, 4) is 0 Å². The van der Waals surface area contributed by atoms with E-state index in [0.717, 1.165) is 12.0 Å². The molecule has 0 heterocycles. The molecule has 0 saturated carbocycles. The molecule has 0 aliphatic carbocycles. The molecule has 0 bridgehead atoms. The minimum absolute atomic E-state index is 0.00657. The molecule has 0 aliphatic rings. The van der Waals surface area contributed by atoms with Gasteiger partial charge in [-0.05, 0) is 37.5 Å². The number of rotatable bonds is 6. The Morgan fingerprint density at radius 2 is 2.16 bits per heavy atom. The number of hydrogen-bond donors (Lipinski definition) is 2. The Bertz CT molecular complexity index is 457. The van der Waals surface area contributed by atoms with E-state index >= 15 is 0 Å². The van der Waals surface area contributed by atoms with Crippen LogP contribution in [0.15, 0.2) is 29.8 Å². The van der Waals surface area contributed by atoms with Gasteiger partial charge in [0.2, 0.25) is 5.91 Å². The summed E-state index contributed by atoms with van der Waals surface area (Å²) in [6, 6.07) is 7.39. The van der Waals surface area contributed by atoms with Crippen LogP contribution < -0.4 is 5.32 Å². The quantitative estimate of drug-likeness (QED) is 0.788. The Hall–Kier alpha value is -1.32. The Morgan fingerprint density at radius 3 is 2.74 bits per heavy atom. The maximum absolute atomic E-state index is 12.0. The molecule has 0 saturated heterocycles. The maximum Gasteiger partial charge on any atom is 0.247 e. The van der Waals surface area contributed by atoms with Gasteiger partial charge in [0.1, 0.15) is 0 Å². The molecule has 4 heteroatoms. The summed E-state index contributed by atoms with van der Waals surface area (Å²) in [5, 5.41) is 12.4. The van der Waals surface area contributed by atoms with Crippen LogP contribution in [0.4, 0.5) is 0 Å². The number of nitrogens with one attached hydrogen (secondary N) is 1. The van der Waals surface area contributed by atoms with E-state index in [4.69, 9.17) is 16.7 Å². The van der Waals surface area contributed by atoms with Gasteiger partial charge in [0.25, 0.3) is 0 Å². The highest BCUT2D eigenvalue weighted by molar-refractivity contribution is 6.32. The molecule has 1 aromatic carbocycles. The standard InChI is InChI=1S/C15H20ClNO2/c1-3-13(8-9-18)17-15(19)11(2)10-12-6-4-5-7-14(12)16/h4-7,10,13,18H,3,8-9H2,1-2H3,(H,17,19)/b11-10+. The van der Waals surface area contributed by atoms with E-state index in [2.05, 4.69) is 5.32 Å². The Balaban J connectivity index is 2.74. The molecule has 3 nitrogen and oxygen atoms in total. The summed E-state index contributed by atoms with van der Waals surface area (Å²) < 4.78 is 0. The number of carbonyl (C=O) groups excluding carboxylic acids is 1. The number of halogens is 1. The van der Waals surface area contributed by atoms with Crippen LogP contribution in [0.1, 0.15) is 32.3 Å². The highest BCUT2D eigenvalue weighted by Gasteiger charge is 2.11. The molecule has 0 spiro atoms. The molecule has 0 fully saturated rings. The van der Waals surface area contributed by atoms with Gasteiger partial charge in [0.15, 0.2) is 0 Å². The van der Waals surface area contributed by atoms with E-state index < -0.39 is 0 Å². The topological polar surface area (TPSA) is 49.3 Å². The van der Waals surface area contributed by atoms with E-state index in [1.807, 2.05) is 25.1 Å². The van der Waals surface area contributed by atoms with Crippen molar-refractivity contribution < 1.29 is 9.90 Å². The highest BCUT2D eigenvalue weighted by Crippen LogP contribution is 2.18. The van der Waals surface area contributed by atoms with E-state index in [0.29, 0.717) is 17.0 Å². The van der Waals surface area contributed by atoms with Crippen LogP contribution in [-0.4, -0.2) is 23.7 Å². The summed E-state index contributed by atoms with van der Waals surface area (Å²) in [5.41, 5.74) is 1.43. The third kappa shape index (κ3) is 5.05. The molecule has 0 radical (unpaired) electrons. The molecule has 19 heavy (non-hydrogen) atoms. The Kier molecular flexibility index (Phi) is 6.60. The van der Waals surface area contributed by atoms with Gasteiger partial charge in [-0.1, -0.05) is 36.7 Å². The molecular weight excluding hydrogens is 262 g/mol.